The predicted octanol–water partition coefficient (Wildman–Crippen LogP) is 1.88. The molecule has 0 radical (unpaired) electrons. The minimum Gasteiger partial charge on any atom is -0.286 e. The Morgan fingerprint density at radius 2 is 2.06 bits per heavy atom. The highest BCUT2D eigenvalue weighted by Crippen LogP contribution is 2.14. The van der Waals surface area contributed by atoms with E-state index >= 15 is 0 Å². The maximum absolute atomic E-state index is 11.7. The zero-order valence-electron chi connectivity index (χ0n) is 9.15. The van der Waals surface area contributed by atoms with Gasteiger partial charge in [0.15, 0.2) is 5.82 Å². The number of hydrogen-bond donors (Lipinski definition) is 1. The standard InChI is InChI=1S/C12H12N2O2/c1-8-7-11(15)12(14-16-2)13-10-6-4-3-5-9(8)10/h3-7H,1-2H3,(H,13,14,15). The molecule has 2 rings (SSSR count). The summed E-state index contributed by atoms with van der Waals surface area (Å²) >= 11 is 0. The molecule has 1 aromatic heterocycles. The summed E-state index contributed by atoms with van der Waals surface area (Å²) in [6.45, 7) is 1.89. The Morgan fingerprint density at radius 1 is 1.31 bits per heavy atom. The molecule has 0 spiro atoms. The smallest absolute Gasteiger partial charge is 0.223 e. The summed E-state index contributed by atoms with van der Waals surface area (Å²) in [6.07, 6.45) is 0. The van der Waals surface area contributed by atoms with Crippen LogP contribution in [0.15, 0.2) is 35.1 Å². The Kier molecular flexibility index (Phi) is 2.83. The lowest BCUT2D eigenvalue weighted by Gasteiger charge is -1.97. The summed E-state index contributed by atoms with van der Waals surface area (Å²) < 4.78 is 0. The van der Waals surface area contributed by atoms with Crippen molar-refractivity contribution in [3.63, 3.8) is 0 Å². The average Bonchev–Trinajstić information content (AvgIpc) is 2.39. The Bertz CT molecular complexity index is 582. The number of fused-ring (bicyclic) bond motifs is 1. The van der Waals surface area contributed by atoms with E-state index in [0.717, 1.165) is 16.5 Å². The SMILES string of the molecule is CONc1nc2ccccc2c(C)cc1=O. The third kappa shape index (κ3) is 1.87. The van der Waals surface area contributed by atoms with E-state index in [-0.39, 0.29) is 11.2 Å². The molecule has 0 unspecified atom stereocenters. The average molecular weight is 216 g/mol. The molecular weight excluding hydrogens is 204 g/mol. The molecule has 0 bridgehead atoms. The molecular formula is C12H12N2O2. The van der Waals surface area contributed by atoms with E-state index < -0.39 is 0 Å². The molecule has 0 aliphatic carbocycles. The lowest BCUT2D eigenvalue weighted by Crippen LogP contribution is -2.09. The minimum absolute atomic E-state index is 0.185. The normalized spacial score (nSPS) is 10.4. The molecule has 0 aliphatic rings. The second-order valence-corrected chi connectivity index (χ2v) is 3.48. The monoisotopic (exact) mass is 216 g/mol. The molecule has 2 aromatic rings. The lowest BCUT2D eigenvalue weighted by atomic mass is 10.1. The van der Waals surface area contributed by atoms with Crippen molar-refractivity contribution in [1.29, 1.82) is 0 Å². The highest BCUT2D eigenvalue weighted by molar-refractivity contribution is 5.82. The molecule has 16 heavy (non-hydrogen) atoms. The van der Waals surface area contributed by atoms with E-state index in [4.69, 9.17) is 4.84 Å². The molecule has 4 nitrogen and oxygen atoms in total. The van der Waals surface area contributed by atoms with Gasteiger partial charge in [0, 0.05) is 5.39 Å². The van der Waals surface area contributed by atoms with Crippen molar-refractivity contribution in [2.45, 2.75) is 6.92 Å². The van der Waals surface area contributed by atoms with E-state index in [1.165, 1.54) is 7.11 Å². The molecule has 1 N–H and O–H groups in total. The van der Waals surface area contributed by atoms with E-state index in [9.17, 15) is 4.79 Å². The molecule has 0 atom stereocenters. The minimum atomic E-state index is -0.185. The lowest BCUT2D eigenvalue weighted by molar-refractivity contribution is 0.269. The molecule has 1 heterocycles. The fraction of sp³-hybridized carbons (Fsp3) is 0.167. The Balaban J connectivity index is 2.83. The van der Waals surface area contributed by atoms with Gasteiger partial charge < -0.3 is 0 Å². The van der Waals surface area contributed by atoms with E-state index in [1.807, 2.05) is 31.2 Å². The summed E-state index contributed by atoms with van der Waals surface area (Å²) in [6, 6.07) is 9.16. The van der Waals surface area contributed by atoms with Crippen LogP contribution >= 0.6 is 0 Å². The first-order chi connectivity index (χ1) is 7.72. The zero-order chi connectivity index (χ0) is 11.5. The van der Waals surface area contributed by atoms with Crippen LogP contribution in [0.1, 0.15) is 5.56 Å². The predicted molar refractivity (Wildman–Crippen MR) is 63.4 cm³/mol. The van der Waals surface area contributed by atoms with Gasteiger partial charge in [-0.3, -0.25) is 9.63 Å². The Labute approximate surface area is 92.9 Å². The van der Waals surface area contributed by atoms with Crippen LogP contribution in [0.3, 0.4) is 0 Å². The van der Waals surface area contributed by atoms with Crippen molar-refractivity contribution in [1.82, 2.24) is 4.98 Å². The molecule has 82 valence electrons. The number of nitrogens with one attached hydrogen (secondary N) is 1. The van der Waals surface area contributed by atoms with Gasteiger partial charge in [0.1, 0.15) is 0 Å². The second kappa shape index (κ2) is 4.28. The van der Waals surface area contributed by atoms with Crippen molar-refractivity contribution in [2.75, 3.05) is 12.6 Å². The van der Waals surface area contributed by atoms with Gasteiger partial charge in [0.25, 0.3) is 0 Å². The molecule has 4 heteroatoms. The van der Waals surface area contributed by atoms with Gasteiger partial charge in [0.05, 0.1) is 12.6 Å². The van der Waals surface area contributed by atoms with Crippen molar-refractivity contribution < 1.29 is 4.84 Å². The summed E-state index contributed by atoms with van der Waals surface area (Å²) in [5.41, 5.74) is 3.97. The maximum atomic E-state index is 11.7. The number of anilines is 1. The fourth-order valence-electron chi connectivity index (χ4n) is 1.59. The van der Waals surface area contributed by atoms with Gasteiger partial charge in [-0.15, -0.1) is 0 Å². The van der Waals surface area contributed by atoms with Gasteiger partial charge in [-0.05, 0) is 24.6 Å². The summed E-state index contributed by atoms with van der Waals surface area (Å²) in [5, 5.41) is 0.962. The van der Waals surface area contributed by atoms with E-state index in [0.29, 0.717) is 0 Å². The van der Waals surface area contributed by atoms with Gasteiger partial charge in [-0.25, -0.2) is 10.5 Å². The number of aryl methyl sites for hydroxylation is 1. The first kappa shape index (κ1) is 10.6. The molecule has 0 fully saturated rings. The van der Waals surface area contributed by atoms with Gasteiger partial charge in [-0.1, -0.05) is 18.2 Å². The Morgan fingerprint density at radius 3 is 2.81 bits per heavy atom. The van der Waals surface area contributed by atoms with Crippen molar-refractivity contribution in [3.8, 4) is 0 Å². The third-order valence-corrected chi connectivity index (χ3v) is 2.34. The van der Waals surface area contributed by atoms with Crippen LogP contribution < -0.4 is 10.9 Å². The van der Waals surface area contributed by atoms with Crippen LogP contribution in [0.4, 0.5) is 5.82 Å². The fourth-order valence-corrected chi connectivity index (χ4v) is 1.59. The number of nitrogens with zero attached hydrogens (tertiary/aromatic N) is 1. The molecule has 0 aliphatic heterocycles. The van der Waals surface area contributed by atoms with Crippen LogP contribution in [0.25, 0.3) is 10.9 Å². The van der Waals surface area contributed by atoms with Crippen LogP contribution in [0.2, 0.25) is 0 Å². The number of benzene rings is 1. The third-order valence-electron chi connectivity index (χ3n) is 2.34. The van der Waals surface area contributed by atoms with Crippen molar-refractivity contribution in [3.05, 3.63) is 46.1 Å². The van der Waals surface area contributed by atoms with Crippen LogP contribution in [-0.2, 0) is 4.84 Å². The molecule has 0 saturated heterocycles. The van der Waals surface area contributed by atoms with Crippen LogP contribution in [-0.4, -0.2) is 12.1 Å². The van der Waals surface area contributed by atoms with Crippen LogP contribution in [0.5, 0.6) is 0 Å². The summed E-state index contributed by atoms with van der Waals surface area (Å²) in [7, 11) is 1.45. The topological polar surface area (TPSA) is 51.2 Å². The van der Waals surface area contributed by atoms with Gasteiger partial charge in [-0.2, -0.15) is 0 Å². The van der Waals surface area contributed by atoms with E-state index in [2.05, 4.69) is 10.5 Å². The number of rotatable bonds is 2. The molecule has 1 aromatic carbocycles. The zero-order valence-corrected chi connectivity index (χ0v) is 9.15. The van der Waals surface area contributed by atoms with Crippen molar-refractivity contribution >= 4 is 16.7 Å². The number of hydrogen-bond acceptors (Lipinski definition) is 4. The first-order valence-electron chi connectivity index (χ1n) is 4.92. The molecule has 0 saturated carbocycles. The molecule has 0 amide bonds. The first-order valence-corrected chi connectivity index (χ1v) is 4.92. The highest BCUT2D eigenvalue weighted by atomic mass is 16.6. The van der Waals surface area contributed by atoms with Crippen molar-refractivity contribution in [2.24, 2.45) is 0 Å². The largest absolute Gasteiger partial charge is 0.286 e. The van der Waals surface area contributed by atoms with Crippen LogP contribution in [0, 0.1) is 6.92 Å². The highest BCUT2D eigenvalue weighted by Gasteiger charge is 2.03. The second-order valence-electron chi connectivity index (χ2n) is 3.48. The maximum Gasteiger partial charge on any atom is 0.223 e. The van der Waals surface area contributed by atoms with Gasteiger partial charge >= 0.3 is 0 Å². The summed E-state index contributed by atoms with van der Waals surface area (Å²) in [4.78, 5) is 20.7. The van der Waals surface area contributed by atoms with Gasteiger partial charge in [0.2, 0.25) is 5.43 Å². The number of para-hydroxylation sites is 1. The summed E-state index contributed by atoms with van der Waals surface area (Å²) in [5.74, 6) is 0.201. The Hall–Kier alpha value is -1.94. The quantitative estimate of drug-likeness (QED) is 0.779. The van der Waals surface area contributed by atoms with E-state index in [1.54, 1.807) is 6.07 Å². The number of aromatic nitrogens is 1.